The lowest BCUT2D eigenvalue weighted by atomic mass is 9.94. The molecule has 28 heavy (non-hydrogen) atoms. The van der Waals surface area contributed by atoms with E-state index in [1.165, 1.54) is 0 Å². The number of hydrogen-bond acceptors (Lipinski definition) is 8. The van der Waals surface area contributed by atoms with Gasteiger partial charge in [-0.05, 0) is 58.3 Å². The van der Waals surface area contributed by atoms with Crippen molar-refractivity contribution in [3.63, 3.8) is 0 Å². The standard InChI is InChI=1S/C12H26O6.C8H18O2/c13-10(14)7-3-1-5-9(12(17)18)6-2-4-8-11(15)16;1-4-6-9-8(3)10-7-5-2/h9-18H,1-8H2;8H,4-7H2,1-3H3. The van der Waals surface area contributed by atoms with Crippen molar-refractivity contribution in [1.82, 2.24) is 0 Å². The van der Waals surface area contributed by atoms with E-state index >= 15 is 0 Å². The summed E-state index contributed by atoms with van der Waals surface area (Å²) in [5, 5.41) is 53.0. The first-order valence-electron chi connectivity index (χ1n) is 10.6. The Bertz CT molecular complexity index is 276. The molecule has 8 nitrogen and oxygen atoms in total. The van der Waals surface area contributed by atoms with Gasteiger partial charge in [0.2, 0.25) is 0 Å². The Balaban J connectivity index is 0. The van der Waals surface area contributed by atoms with Gasteiger partial charge in [-0.15, -0.1) is 0 Å². The Morgan fingerprint density at radius 1 is 0.607 bits per heavy atom. The summed E-state index contributed by atoms with van der Waals surface area (Å²) in [6.07, 6.45) is 2.63. The third-order valence-electron chi connectivity index (χ3n) is 4.11. The Morgan fingerprint density at radius 3 is 1.25 bits per heavy atom. The number of aliphatic hydroxyl groups excluding tert-OH is 3. The summed E-state index contributed by atoms with van der Waals surface area (Å²) >= 11 is 0. The second-order valence-corrected chi connectivity index (χ2v) is 7.01. The Kier molecular flexibility index (Phi) is 22.8. The minimum Gasteiger partial charge on any atom is -0.368 e. The molecule has 0 aromatic rings. The molecule has 0 bridgehead atoms. The third kappa shape index (κ3) is 23.7. The first-order valence-corrected chi connectivity index (χ1v) is 10.6. The first kappa shape index (κ1) is 29.9. The number of ether oxygens (including phenoxy) is 2. The molecule has 0 spiro atoms. The lowest BCUT2D eigenvalue weighted by Crippen LogP contribution is -2.20. The van der Waals surface area contributed by atoms with Crippen molar-refractivity contribution in [2.45, 2.75) is 110 Å². The zero-order valence-electron chi connectivity index (χ0n) is 17.9. The fourth-order valence-electron chi connectivity index (χ4n) is 2.53. The SMILES string of the molecule is CCCOC(C)OCCC.OC(O)CCCCC(CCCCC(O)O)C(O)O. The predicted molar refractivity (Wildman–Crippen MR) is 107 cm³/mol. The number of rotatable bonds is 17. The van der Waals surface area contributed by atoms with Crippen LogP contribution in [-0.4, -0.2) is 69.0 Å². The quantitative estimate of drug-likeness (QED) is 0.157. The van der Waals surface area contributed by atoms with Gasteiger partial charge < -0.3 is 40.1 Å². The fourth-order valence-corrected chi connectivity index (χ4v) is 2.53. The molecule has 8 heteroatoms. The average molecular weight is 413 g/mol. The topological polar surface area (TPSA) is 140 Å². The van der Waals surface area contributed by atoms with E-state index in [1.54, 1.807) is 0 Å². The van der Waals surface area contributed by atoms with E-state index in [4.69, 9.17) is 29.9 Å². The van der Waals surface area contributed by atoms with Gasteiger partial charge in [-0.2, -0.15) is 0 Å². The zero-order chi connectivity index (χ0) is 21.8. The molecule has 0 saturated heterocycles. The molecule has 0 aliphatic carbocycles. The lowest BCUT2D eigenvalue weighted by Gasteiger charge is -2.19. The van der Waals surface area contributed by atoms with Crippen molar-refractivity contribution < 1.29 is 40.1 Å². The molecule has 0 heterocycles. The Hall–Kier alpha value is -0.320. The summed E-state index contributed by atoms with van der Waals surface area (Å²) in [7, 11) is 0. The molecule has 0 radical (unpaired) electrons. The maximum Gasteiger partial charge on any atom is 0.154 e. The van der Waals surface area contributed by atoms with Crippen molar-refractivity contribution in [2.75, 3.05) is 13.2 Å². The molecule has 0 saturated carbocycles. The maximum absolute atomic E-state index is 9.19. The van der Waals surface area contributed by atoms with Crippen LogP contribution >= 0.6 is 0 Å². The molecule has 0 aliphatic rings. The van der Waals surface area contributed by atoms with Crippen molar-refractivity contribution in [3.8, 4) is 0 Å². The molecule has 0 aromatic carbocycles. The van der Waals surface area contributed by atoms with Crippen LogP contribution in [0.5, 0.6) is 0 Å². The molecule has 0 fully saturated rings. The average Bonchev–Trinajstić information content (AvgIpc) is 2.63. The van der Waals surface area contributed by atoms with Crippen LogP contribution in [0.25, 0.3) is 0 Å². The van der Waals surface area contributed by atoms with E-state index in [9.17, 15) is 10.2 Å². The van der Waals surface area contributed by atoms with Crippen LogP contribution in [0.4, 0.5) is 0 Å². The van der Waals surface area contributed by atoms with Gasteiger partial charge >= 0.3 is 0 Å². The van der Waals surface area contributed by atoms with E-state index in [2.05, 4.69) is 13.8 Å². The minimum atomic E-state index is -1.37. The number of unbranched alkanes of at least 4 members (excludes halogenated alkanes) is 2. The molecule has 0 aliphatic heterocycles. The second kappa shape index (κ2) is 21.4. The van der Waals surface area contributed by atoms with Crippen molar-refractivity contribution >= 4 is 0 Å². The highest BCUT2D eigenvalue weighted by Crippen LogP contribution is 2.20. The van der Waals surface area contributed by atoms with Gasteiger partial charge in [0.1, 0.15) is 0 Å². The third-order valence-corrected chi connectivity index (χ3v) is 4.11. The molecule has 6 N–H and O–H groups in total. The Labute approximate surface area is 170 Å². The molecule has 0 unspecified atom stereocenters. The molecular weight excluding hydrogens is 368 g/mol. The monoisotopic (exact) mass is 412 g/mol. The summed E-state index contributed by atoms with van der Waals surface area (Å²) in [6, 6.07) is 0. The molecule has 172 valence electrons. The van der Waals surface area contributed by atoms with Crippen molar-refractivity contribution in [1.29, 1.82) is 0 Å². The molecular formula is C20H44O8. The van der Waals surface area contributed by atoms with Gasteiger partial charge in [-0.3, -0.25) is 0 Å². The van der Waals surface area contributed by atoms with E-state index in [1.807, 2.05) is 6.92 Å². The van der Waals surface area contributed by atoms with Crippen molar-refractivity contribution in [2.24, 2.45) is 5.92 Å². The van der Waals surface area contributed by atoms with Gasteiger partial charge in [0, 0.05) is 19.1 Å². The summed E-state index contributed by atoms with van der Waals surface area (Å²) in [6.45, 7) is 7.71. The van der Waals surface area contributed by atoms with E-state index in [-0.39, 0.29) is 12.2 Å². The van der Waals surface area contributed by atoms with E-state index in [0.717, 1.165) is 26.1 Å². The molecule has 0 atom stereocenters. The summed E-state index contributed by atoms with van der Waals surface area (Å²) in [5.74, 6) is -0.239. The Morgan fingerprint density at radius 2 is 0.964 bits per heavy atom. The summed E-state index contributed by atoms with van der Waals surface area (Å²) < 4.78 is 10.5. The highest BCUT2D eigenvalue weighted by molar-refractivity contribution is 4.62. The van der Waals surface area contributed by atoms with Gasteiger partial charge in [0.15, 0.2) is 25.2 Å². The van der Waals surface area contributed by atoms with Gasteiger partial charge in [0.25, 0.3) is 0 Å². The molecule has 0 rings (SSSR count). The van der Waals surface area contributed by atoms with Crippen LogP contribution < -0.4 is 0 Å². The maximum atomic E-state index is 9.19. The normalized spacial score (nSPS) is 11.8. The summed E-state index contributed by atoms with van der Waals surface area (Å²) in [4.78, 5) is 0. The van der Waals surface area contributed by atoms with Gasteiger partial charge in [-0.1, -0.05) is 26.7 Å². The second-order valence-electron chi connectivity index (χ2n) is 7.01. The highest BCUT2D eigenvalue weighted by atomic mass is 16.7. The van der Waals surface area contributed by atoms with E-state index in [0.29, 0.717) is 51.4 Å². The zero-order valence-corrected chi connectivity index (χ0v) is 17.9. The number of aliphatic hydroxyl groups is 6. The first-order chi connectivity index (χ1) is 13.2. The number of hydrogen-bond donors (Lipinski definition) is 6. The molecule has 0 amide bonds. The van der Waals surface area contributed by atoms with Crippen LogP contribution in [0.3, 0.4) is 0 Å². The fraction of sp³-hybridized carbons (Fsp3) is 1.00. The van der Waals surface area contributed by atoms with Gasteiger partial charge in [-0.25, -0.2) is 0 Å². The van der Waals surface area contributed by atoms with Gasteiger partial charge in [0.05, 0.1) is 0 Å². The highest BCUT2D eigenvalue weighted by Gasteiger charge is 2.16. The lowest BCUT2D eigenvalue weighted by molar-refractivity contribution is -0.130. The van der Waals surface area contributed by atoms with Crippen LogP contribution in [0, 0.1) is 5.92 Å². The summed E-state index contributed by atoms with van der Waals surface area (Å²) in [5.41, 5.74) is 0. The van der Waals surface area contributed by atoms with Crippen LogP contribution in [0.2, 0.25) is 0 Å². The van der Waals surface area contributed by atoms with Crippen molar-refractivity contribution in [3.05, 3.63) is 0 Å². The minimum absolute atomic E-state index is 0.0279. The van der Waals surface area contributed by atoms with Crippen LogP contribution in [0.1, 0.15) is 85.0 Å². The van der Waals surface area contributed by atoms with Crippen LogP contribution in [0.15, 0.2) is 0 Å². The molecule has 0 aromatic heterocycles. The largest absolute Gasteiger partial charge is 0.368 e. The predicted octanol–water partition coefficient (Wildman–Crippen LogP) is 1.84. The van der Waals surface area contributed by atoms with Crippen LogP contribution in [-0.2, 0) is 9.47 Å². The van der Waals surface area contributed by atoms with E-state index < -0.39 is 18.9 Å². The smallest absolute Gasteiger partial charge is 0.154 e.